The summed E-state index contributed by atoms with van der Waals surface area (Å²) in [7, 11) is -3.32. The first-order valence-electron chi connectivity index (χ1n) is 5.88. The second-order valence-corrected chi connectivity index (χ2v) is 6.27. The number of benzene rings is 1. The predicted molar refractivity (Wildman–Crippen MR) is 79.4 cm³/mol. The van der Waals surface area contributed by atoms with Gasteiger partial charge in [0.1, 0.15) is 4.99 Å². The van der Waals surface area contributed by atoms with Gasteiger partial charge in [0.05, 0.1) is 12.4 Å². The third-order valence-corrected chi connectivity index (χ3v) is 3.93. The number of nitrogens with two attached hydrogens (primary N) is 1. The molecule has 0 aliphatic carbocycles. The van der Waals surface area contributed by atoms with Crippen LogP contribution >= 0.6 is 12.2 Å². The Morgan fingerprint density at radius 1 is 1.47 bits per heavy atom. The van der Waals surface area contributed by atoms with E-state index in [-0.39, 0.29) is 18.9 Å². The van der Waals surface area contributed by atoms with Gasteiger partial charge in [0.25, 0.3) is 0 Å². The van der Waals surface area contributed by atoms with Gasteiger partial charge in [-0.05, 0) is 18.6 Å². The highest BCUT2D eigenvalue weighted by Crippen LogP contribution is 2.05. The molecule has 0 aliphatic rings. The Bertz CT molecular complexity index is 530. The monoisotopic (exact) mass is 302 g/mol. The highest BCUT2D eigenvalue weighted by atomic mass is 32.2. The van der Waals surface area contributed by atoms with Crippen molar-refractivity contribution in [2.45, 2.75) is 13.5 Å². The lowest BCUT2D eigenvalue weighted by molar-refractivity contribution is 0.163. The van der Waals surface area contributed by atoms with Crippen LogP contribution in [0.2, 0.25) is 0 Å². The normalized spacial score (nSPS) is 11.4. The summed E-state index contributed by atoms with van der Waals surface area (Å²) in [6.45, 7) is 2.73. The van der Waals surface area contributed by atoms with Gasteiger partial charge in [-0.2, -0.15) is 0 Å². The molecule has 106 valence electrons. The summed E-state index contributed by atoms with van der Waals surface area (Å²) in [5, 5.41) is 0. The lowest BCUT2D eigenvalue weighted by Crippen LogP contribution is -2.28. The van der Waals surface area contributed by atoms with Crippen molar-refractivity contribution < 1.29 is 13.2 Å². The number of hydrogen-bond acceptors (Lipinski definition) is 4. The molecule has 0 atom stereocenters. The molecule has 0 saturated carbocycles. The van der Waals surface area contributed by atoms with Gasteiger partial charge in [0.15, 0.2) is 0 Å². The minimum absolute atomic E-state index is 0.0458. The van der Waals surface area contributed by atoms with E-state index in [1.54, 1.807) is 18.2 Å². The van der Waals surface area contributed by atoms with Crippen LogP contribution in [0.15, 0.2) is 24.3 Å². The second kappa shape index (κ2) is 7.54. The molecular weight excluding hydrogens is 284 g/mol. The number of nitrogens with one attached hydrogen (secondary N) is 1. The van der Waals surface area contributed by atoms with E-state index in [4.69, 9.17) is 22.7 Å². The van der Waals surface area contributed by atoms with E-state index in [1.165, 1.54) is 0 Å². The van der Waals surface area contributed by atoms with Crippen LogP contribution in [0.1, 0.15) is 18.1 Å². The molecule has 5 nitrogen and oxygen atoms in total. The topological polar surface area (TPSA) is 81.4 Å². The van der Waals surface area contributed by atoms with Crippen LogP contribution in [0.4, 0.5) is 0 Å². The molecule has 0 aliphatic heterocycles. The van der Waals surface area contributed by atoms with Gasteiger partial charge in [0.2, 0.25) is 10.0 Å². The van der Waals surface area contributed by atoms with Crippen LogP contribution in [0.25, 0.3) is 0 Å². The van der Waals surface area contributed by atoms with Crippen molar-refractivity contribution in [1.29, 1.82) is 0 Å². The molecule has 0 bridgehead atoms. The molecule has 0 unspecified atom stereocenters. The Kier molecular flexibility index (Phi) is 6.36. The lowest BCUT2D eigenvalue weighted by Gasteiger charge is -2.08. The minimum Gasteiger partial charge on any atom is -0.389 e. The standard InChI is InChI=1S/C12H18N2O3S2/c1-2-17-6-7-19(15,16)14-9-10-4-3-5-11(8-10)12(13)18/h3-5,8,14H,2,6-7,9H2,1H3,(H2,13,18). The smallest absolute Gasteiger partial charge is 0.214 e. The molecule has 0 radical (unpaired) electrons. The first-order chi connectivity index (χ1) is 8.94. The van der Waals surface area contributed by atoms with Gasteiger partial charge in [-0.15, -0.1) is 0 Å². The second-order valence-electron chi connectivity index (χ2n) is 3.90. The maximum atomic E-state index is 11.7. The molecule has 0 aromatic heterocycles. The average molecular weight is 302 g/mol. The number of hydrogen-bond donors (Lipinski definition) is 2. The maximum absolute atomic E-state index is 11.7. The Balaban J connectivity index is 2.56. The van der Waals surface area contributed by atoms with Crippen molar-refractivity contribution in [3.8, 4) is 0 Å². The third-order valence-electron chi connectivity index (χ3n) is 2.41. The zero-order valence-electron chi connectivity index (χ0n) is 10.8. The summed E-state index contributed by atoms with van der Waals surface area (Å²) < 4.78 is 30.8. The first kappa shape index (κ1) is 16.0. The zero-order chi connectivity index (χ0) is 14.3. The predicted octanol–water partition coefficient (Wildman–Crippen LogP) is 0.777. The van der Waals surface area contributed by atoms with Gasteiger partial charge in [-0.1, -0.05) is 30.4 Å². The maximum Gasteiger partial charge on any atom is 0.214 e. The van der Waals surface area contributed by atoms with Gasteiger partial charge in [0, 0.05) is 18.7 Å². The van der Waals surface area contributed by atoms with Crippen molar-refractivity contribution in [2.24, 2.45) is 5.73 Å². The van der Waals surface area contributed by atoms with Gasteiger partial charge in [-0.3, -0.25) is 0 Å². The number of thiocarbonyl (C=S) groups is 1. The summed E-state index contributed by atoms with van der Waals surface area (Å²) in [5.41, 5.74) is 7.06. The van der Waals surface area contributed by atoms with Crippen LogP contribution < -0.4 is 10.5 Å². The van der Waals surface area contributed by atoms with Crippen LogP contribution in [-0.4, -0.2) is 32.4 Å². The van der Waals surface area contributed by atoms with Crippen molar-refractivity contribution in [2.75, 3.05) is 19.0 Å². The van der Waals surface area contributed by atoms with Crippen molar-refractivity contribution in [1.82, 2.24) is 4.72 Å². The van der Waals surface area contributed by atoms with Gasteiger partial charge >= 0.3 is 0 Å². The van der Waals surface area contributed by atoms with E-state index >= 15 is 0 Å². The summed E-state index contributed by atoms with van der Waals surface area (Å²) in [6.07, 6.45) is 0. The highest BCUT2D eigenvalue weighted by Gasteiger charge is 2.09. The van der Waals surface area contributed by atoms with E-state index < -0.39 is 10.0 Å². The van der Waals surface area contributed by atoms with E-state index in [0.717, 1.165) is 11.1 Å². The van der Waals surface area contributed by atoms with E-state index in [2.05, 4.69) is 4.72 Å². The molecule has 1 aromatic rings. The molecule has 1 rings (SSSR count). The Morgan fingerprint density at radius 2 is 2.21 bits per heavy atom. The average Bonchev–Trinajstić information content (AvgIpc) is 2.37. The lowest BCUT2D eigenvalue weighted by atomic mass is 10.1. The van der Waals surface area contributed by atoms with Gasteiger partial charge in [-0.25, -0.2) is 13.1 Å². The quantitative estimate of drug-likeness (QED) is 0.548. The fourth-order valence-corrected chi connectivity index (χ4v) is 2.41. The fraction of sp³-hybridized carbons (Fsp3) is 0.417. The molecule has 3 N–H and O–H groups in total. The van der Waals surface area contributed by atoms with Crippen molar-refractivity contribution in [3.05, 3.63) is 35.4 Å². The largest absolute Gasteiger partial charge is 0.389 e. The van der Waals surface area contributed by atoms with E-state index in [1.807, 2.05) is 13.0 Å². The molecule has 0 amide bonds. The number of ether oxygens (including phenoxy) is 1. The van der Waals surface area contributed by atoms with E-state index in [0.29, 0.717) is 11.6 Å². The minimum atomic E-state index is -3.32. The van der Waals surface area contributed by atoms with Crippen LogP contribution in [0.5, 0.6) is 0 Å². The summed E-state index contributed by atoms with van der Waals surface area (Å²) >= 11 is 4.87. The first-order valence-corrected chi connectivity index (χ1v) is 7.94. The van der Waals surface area contributed by atoms with Crippen LogP contribution in [0, 0.1) is 0 Å². The molecule has 1 aromatic carbocycles. The number of rotatable bonds is 8. The van der Waals surface area contributed by atoms with Crippen molar-refractivity contribution >= 4 is 27.2 Å². The highest BCUT2D eigenvalue weighted by molar-refractivity contribution is 7.89. The van der Waals surface area contributed by atoms with Crippen LogP contribution in [-0.2, 0) is 21.3 Å². The third kappa shape index (κ3) is 6.11. The molecule has 0 spiro atoms. The molecule has 7 heteroatoms. The molecular formula is C12H18N2O3S2. The van der Waals surface area contributed by atoms with Crippen LogP contribution in [0.3, 0.4) is 0 Å². The summed E-state index contributed by atoms with van der Waals surface area (Å²) in [6, 6.07) is 7.16. The Labute approximate surface area is 119 Å². The summed E-state index contributed by atoms with van der Waals surface area (Å²) in [4.78, 5) is 0.293. The molecule has 0 heterocycles. The Morgan fingerprint density at radius 3 is 2.84 bits per heavy atom. The molecule has 0 saturated heterocycles. The van der Waals surface area contributed by atoms with Gasteiger partial charge < -0.3 is 10.5 Å². The van der Waals surface area contributed by atoms with E-state index in [9.17, 15) is 8.42 Å². The fourth-order valence-electron chi connectivity index (χ4n) is 1.41. The summed E-state index contributed by atoms with van der Waals surface area (Å²) in [5.74, 6) is -0.0458. The zero-order valence-corrected chi connectivity index (χ0v) is 12.4. The SMILES string of the molecule is CCOCCS(=O)(=O)NCc1cccc(C(N)=S)c1. The molecule has 0 fully saturated rings. The number of sulfonamides is 1. The van der Waals surface area contributed by atoms with Crippen molar-refractivity contribution in [3.63, 3.8) is 0 Å². The Hall–Kier alpha value is -1.02. The molecule has 19 heavy (non-hydrogen) atoms.